The lowest BCUT2D eigenvalue weighted by molar-refractivity contribution is 0.161. The van der Waals surface area contributed by atoms with Crippen molar-refractivity contribution in [3.05, 3.63) is 36.5 Å². The average molecular weight is 428 g/mol. The molecule has 2 saturated carbocycles. The van der Waals surface area contributed by atoms with Crippen LogP contribution in [0.25, 0.3) is 11.1 Å². The molecule has 2 aromatic rings. The highest BCUT2D eigenvalue weighted by atomic mass is 19.1. The number of anilines is 2. The Hall–Kier alpha value is -2.25. The van der Waals surface area contributed by atoms with Crippen LogP contribution in [0, 0.1) is 11.7 Å². The van der Waals surface area contributed by atoms with Crippen LogP contribution in [0.4, 0.5) is 15.9 Å². The Morgan fingerprint density at radius 3 is 2.58 bits per heavy atom. The van der Waals surface area contributed by atoms with Crippen LogP contribution in [-0.2, 0) is 4.74 Å². The second kappa shape index (κ2) is 10.4. The van der Waals surface area contributed by atoms with Gasteiger partial charge in [-0.1, -0.05) is 0 Å². The zero-order chi connectivity index (χ0) is 21.6. The first-order valence-electron chi connectivity index (χ1n) is 11.5. The van der Waals surface area contributed by atoms with E-state index in [0.29, 0.717) is 23.7 Å². The third-order valence-electron chi connectivity index (χ3n) is 6.21. The van der Waals surface area contributed by atoms with Crippen LogP contribution in [-0.4, -0.2) is 48.4 Å². The summed E-state index contributed by atoms with van der Waals surface area (Å²) in [6.45, 7) is 3.84. The first kappa shape index (κ1) is 22.0. The van der Waals surface area contributed by atoms with Crippen LogP contribution in [0.2, 0.25) is 0 Å². The lowest BCUT2D eigenvalue weighted by Gasteiger charge is -2.31. The van der Waals surface area contributed by atoms with Crippen LogP contribution in [0.5, 0.6) is 0 Å². The smallest absolute Gasteiger partial charge is 0.149 e. The Kier molecular flexibility index (Phi) is 7.35. The molecule has 0 spiro atoms. The third-order valence-corrected chi connectivity index (χ3v) is 6.21. The maximum absolute atomic E-state index is 14.6. The van der Waals surface area contributed by atoms with Crippen molar-refractivity contribution in [1.29, 1.82) is 0 Å². The van der Waals surface area contributed by atoms with Crippen LogP contribution < -0.4 is 16.0 Å². The van der Waals surface area contributed by atoms with E-state index in [9.17, 15) is 4.39 Å². The number of hydrogen-bond acceptors (Lipinski definition) is 6. The van der Waals surface area contributed by atoms with Gasteiger partial charge in [0.2, 0.25) is 0 Å². The molecule has 0 bridgehead atoms. The van der Waals surface area contributed by atoms with Crippen molar-refractivity contribution in [2.75, 3.05) is 30.9 Å². The van der Waals surface area contributed by atoms with Gasteiger partial charge in [-0.25, -0.2) is 9.37 Å². The van der Waals surface area contributed by atoms with Crippen molar-refractivity contribution in [3.63, 3.8) is 0 Å². The predicted octanol–water partition coefficient (Wildman–Crippen LogP) is 4.45. The number of rotatable bonds is 10. The minimum Gasteiger partial charge on any atom is -0.384 e. The molecule has 0 aliphatic heterocycles. The molecule has 2 aromatic heterocycles. The SMILES string of the molecule is COC[C@@H](C)N[C@H]1CC[C@H](Nc2cc(-c3cncc(NCC4CC4)c3)c(F)cn2)CC1. The van der Waals surface area contributed by atoms with Gasteiger partial charge in [-0.05, 0) is 63.5 Å². The molecule has 7 heteroatoms. The molecule has 31 heavy (non-hydrogen) atoms. The number of aromatic nitrogens is 2. The van der Waals surface area contributed by atoms with Gasteiger partial charge in [-0.15, -0.1) is 0 Å². The highest BCUT2D eigenvalue weighted by molar-refractivity contribution is 5.69. The van der Waals surface area contributed by atoms with Crippen molar-refractivity contribution in [2.45, 2.75) is 63.6 Å². The first-order valence-corrected chi connectivity index (χ1v) is 11.5. The van der Waals surface area contributed by atoms with E-state index in [1.54, 1.807) is 19.5 Å². The molecular formula is C24H34FN5O. The van der Waals surface area contributed by atoms with Crippen LogP contribution in [0.15, 0.2) is 30.7 Å². The van der Waals surface area contributed by atoms with Crippen molar-refractivity contribution in [2.24, 2.45) is 5.92 Å². The summed E-state index contributed by atoms with van der Waals surface area (Å²) < 4.78 is 19.8. The highest BCUT2D eigenvalue weighted by Gasteiger charge is 2.23. The lowest BCUT2D eigenvalue weighted by atomic mass is 9.90. The van der Waals surface area contributed by atoms with Crippen molar-refractivity contribution < 1.29 is 9.13 Å². The number of ether oxygens (including phenoxy) is 1. The number of pyridine rings is 2. The normalized spacial score (nSPS) is 22.2. The summed E-state index contributed by atoms with van der Waals surface area (Å²) in [5.41, 5.74) is 2.23. The van der Waals surface area contributed by atoms with Gasteiger partial charge < -0.3 is 20.7 Å². The third kappa shape index (κ3) is 6.37. The molecule has 3 N–H and O–H groups in total. The molecule has 2 aliphatic carbocycles. The Labute approximate surface area is 184 Å². The van der Waals surface area contributed by atoms with E-state index in [2.05, 4.69) is 32.8 Å². The summed E-state index contributed by atoms with van der Waals surface area (Å²) in [6.07, 6.45) is 11.7. The van der Waals surface area contributed by atoms with Crippen molar-refractivity contribution in [3.8, 4) is 11.1 Å². The molecule has 0 saturated heterocycles. The number of hydrogen-bond donors (Lipinski definition) is 3. The van der Waals surface area contributed by atoms with Crippen LogP contribution in [0.1, 0.15) is 45.4 Å². The molecule has 2 heterocycles. The molecular weight excluding hydrogens is 393 g/mol. The topological polar surface area (TPSA) is 71.1 Å². The standard InChI is InChI=1S/C24H34FN5O/c1-16(15-31-2)29-19-5-7-20(8-6-19)30-24-10-22(23(25)14-28-24)18-9-21(13-26-12-18)27-11-17-3-4-17/h9-10,12-14,16-17,19-20,27,29H,3-8,11,15H2,1-2H3,(H,28,30)/t16-,19-,20-/m1/s1. The van der Waals surface area contributed by atoms with Crippen molar-refractivity contribution in [1.82, 2.24) is 15.3 Å². The van der Waals surface area contributed by atoms with E-state index in [1.807, 2.05) is 12.1 Å². The summed E-state index contributed by atoms with van der Waals surface area (Å²) in [5.74, 6) is 1.16. The molecule has 1 atom stereocenters. The zero-order valence-corrected chi connectivity index (χ0v) is 18.5. The van der Waals surface area contributed by atoms with Gasteiger partial charge in [0.15, 0.2) is 0 Å². The van der Waals surface area contributed by atoms with Gasteiger partial charge in [0.05, 0.1) is 18.5 Å². The summed E-state index contributed by atoms with van der Waals surface area (Å²) in [5, 5.41) is 10.6. The number of methoxy groups -OCH3 is 1. The average Bonchev–Trinajstić information content (AvgIpc) is 3.60. The van der Waals surface area contributed by atoms with Gasteiger partial charge >= 0.3 is 0 Å². The number of nitrogens with zero attached hydrogens (tertiary/aromatic N) is 2. The quantitative estimate of drug-likeness (QED) is 0.520. The molecule has 0 aromatic carbocycles. The fraction of sp³-hybridized carbons (Fsp3) is 0.583. The largest absolute Gasteiger partial charge is 0.384 e. The summed E-state index contributed by atoms with van der Waals surface area (Å²) in [6, 6.07) is 5.02. The maximum Gasteiger partial charge on any atom is 0.149 e. The zero-order valence-electron chi connectivity index (χ0n) is 18.5. The van der Waals surface area contributed by atoms with Crippen molar-refractivity contribution >= 4 is 11.5 Å². The van der Waals surface area contributed by atoms with E-state index < -0.39 is 0 Å². The fourth-order valence-electron chi connectivity index (χ4n) is 4.32. The van der Waals surface area contributed by atoms with E-state index >= 15 is 0 Å². The molecule has 0 radical (unpaired) electrons. The Bertz CT molecular complexity index is 852. The molecule has 0 amide bonds. The number of halogens is 1. The monoisotopic (exact) mass is 427 g/mol. The molecule has 2 aliphatic rings. The van der Waals surface area contributed by atoms with Gasteiger partial charge in [0.1, 0.15) is 11.6 Å². The molecule has 168 valence electrons. The fourth-order valence-corrected chi connectivity index (χ4v) is 4.32. The predicted molar refractivity (Wildman–Crippen MR) is 123 cm³/mol. The number of nitrogens with one attached hydrogen (secondary N) is 3. The molecule has 6 nitrogen and oxygen atoms in total. The molecule has 4 rings (SSSR count). The van der Waals surface area contributed by atoms with E-state index in [0.717, 1.165) is 61.8 Å². The Morgan fingerprint density at radius 2 is 1.84 bits per heavy atom. The second-order valence-corrected chi connectivity index (χ2v) is 9.05. The van der Waals surface area contributed by atoms with Gasteiger partial charge in [-0.3, -0.25) is 4.98 Å². The van der Waals surface area contributed by atoms with Crippen LogP contribution in [0.3, 0.4) is 0 Å². The summed E-state index contributed by atoms with van der Waals surface area (Å²) in [4.78, 5) is 8.59. The Morgan fingerprint density at radius 1 is 1.06 bits per heavy atom. The van der Waals surface area contributed by atoms with Gasteiger partial charge in [0, 0.05) is 55.3 Å². The Balaban J connectivity index is 1.35. The second-order valence-electron chi connectivity index (χ2n) is 9.05. The molecule has 2 fully saturated rings. The maximum atomic E-state index is 14.6. The highest BCUT2D eigenvalue weighted by Crippen LogP contribution is 2.30. The lowest BCUT2D eigenvalue weighted by Crippen LogP contribution is -2.42. The first-order chi connectivity index (χ1) is 15.1. The minimum absolute atomic E-state index is 0.327. The summed E-state index contributed by atoms with van der Waals surface area (Å²) >= 11 is 0. The van der Waals surface area contributed by atoms with E-state index in [1.165, 1.54) is 19.0 Å². The molecule has 0 unspecified atom stereocenters. The van der Waals surface area contributed by atoms with Gasteiger partial charge in [0.25, 0.3) is 0 Å². The van der Waals surface area contributed by atoms with E-state index in [4.69, 9.17) is 4.74 Å². The van der Waals surface area contributed by atoms with Gasteiger partial charge in [-0.2, -0.15) is 0 Å². The van der Waals surface area contributed by atoms with Crippen LogP contribution >= 0.6 is 0 Å². The summed E-state index contributed by atoms with van der Waals surface area (Å²) in [7, 11) is 1.74. The van der Waals surface area contributed by atoms with E-state index in [-0.39, 0.29) is 5.82 Å². The minimum atomic E-state index is -0.327.